The molecule has 0 spiro atoms. The van der Waals surface area contributed by atoms with E-state index in [4.69, 9.17) is 10.6 Å². The first-order chi connectivity index (χ1) is 5.33. The minimum Gasteiger partial charge on any atom is -0.381 e. The van der Waals surface area contributed by atoms with Gasteiger partial charge in [-0.25, -0.2) is 5.84 Å². The van der Waals surface area contributed by atoms with Gasteiger partial charge in [0.15, 0.2) is 0 Å². The molecule has 0 saturated carbocycles. The molecular formula is C7H13ClN2O2. The second-order valence-electron chi connectivity index (χ2n) is 2.42. The van der Waals surface area contributed by atoms with Crippen LogP contribution in [-0.4, -0.2) is 19.1 Å². The summed E-state index contributed by atoms with van der Waals surface area (Å²) >= 11 is 0. The van der Waals surface area contributed by atoms with Gasteiger partial charge in [0.1, 0.15) is 0 Å². The van der Waals surface area contributed by atoms with Gasteiger partial charge in [0.25, 0.3) is 5.91 Å². The highest BCUT2D eigenvalue weighted by molar-refractivity contribution is 5.87. The molecule has 0 bridgehead atoms. The van der Waals surface area contributed by atoms with Crippen molar-refractivity contribution >= 4 is 18.3 Å². The molecule has 4 nitrogen and oxygen atoms in total. The Kier molecular flexibility index (Phi) is 5.70. The van der Waals surface area contributed by atoms with Crippen LogP contribution in [0.5, 0.6) is 0 Å². The Hall–Kier alpha value is -0.580. The Labute approximate surface area is 77.5 Å². The summed E-state index contributed by atoms with van der Waals surface area (Å²) in [6.45, 7) is 1.42. The SMILES string of the molecule is Cl.NNC(=O)C=C1CCOCC1. The standard InChI is InChI=1S/C7H12N2O2.ClH/c8-9-7(10)5-6-1-3-11-4-2-6;/h5H,1-4,8H2,(H,9,10);1H. The number of rotatable bonds is 1. The Morgan fingerprint density at radius 3 is 2.58 bits per heavy atom. The summed E-state index contributed by atoms with van der Waals surface area (Å²) in [6, 6.07) is 0. The van der Waals surface area contributed by atoms with Crippen LogP contribution >= 0.6 is 12.4 Å². The van der Waals surface area contributed by atoms with Gasteiger partial charge in [-0.05, 0) is 12.8 Å². The molecule has 1 heterocycles. The van der Waals surface area contributed by atoms with Crippen molar-refractivity contribution < 1.29 is 9.53 Å². The van der Waals surface area contributed by atoms with Crippen LogP contribution in [0, 0.1) is 0 Å². The van der Waals surface area contributed by atoms with Crippen LogP contribution in [0.15, 0.2) is 11.6 Å². The van der Waals surface area contributed by atoms with Crippen LogP contribution in [0.25, 0.3) is 0 Å². The number of nitrogens with two attached hydrogens (primary N) is 1. The Morgan fingerprint density at radius 1 is 1.50 bits per heavy atom. The number of halogens is 1. The monoisotopic (exact) mass is 192 g/mol. The predicted molar refractivity (Wildman–Crippen MR) is 47.7 cm³/mol. The van der Waals surface area contributed by atoms with Crippen molar-refractivity contribution in [3.63, 3.8) is 0 Å². The molecule has 3 N–H and O–H groups in total. The first-order valence-corrected chi connectivity index (χ1v) is 3.60. The van der Waals surface area contributed by atoms with Crippen molar-refractivity contribution in [3.8, 4) is 0 Å². The third kappa shape index (κ3) is 3.71. The quantitative estimate of drug-likeness (QED) is 0.269. The van der Waals surface area contributed by atoms with Gasteiger partial charge in [0, 0.05) is 6.08 Å². The van der Waals surface area contributed by atoms with Crippen LogP contribution in [0.4, 0.5) is 0 Å². The number of amides is 1. The number of ether oxygens (including phenoxy) is 1. The summed E-state index contributed by atoms with van der Waals surface area (Å²) in [4.78, 5) is 10.7. The molecule has 1 fully saturated rings. The zero-order valence-corrected chi connectivity index (χ0v) is 7.52. The molecule has 1 rings (SSSR count). The molecule has 1 aliphatic heterocycles. The summed E-state index contributed by atoms with van der Waals surface area (Å²) in [5, 5.41) is 0. The first kappa shape index (κ1) is 11.4. The second kappa shape index (κ2) is 5.99. The first-order valence-electron chi connectivity index (χ1n) is 3.60. The summed E-state index contributed by atoms with van der Waals surface area (Å²) in [5.74, 6) is 4.68. The molecule has 70 valence electrons. The summed E-state index contributed by atoms with van der Waals surface area (Å²) in [5.41, 5.74) is 3.17. The maximum Gasteiger partial charge on any atom is 0.257 e. The molecule has 0 aromatic rings. The Bertz CT molecular complexity index is 174. The van der Waals surface area contributed by atoms with Crippen molar-refractivity contribution in [2.75, 3.05) is 13.2 Å². The Balaban J connectivity index is 0.00000121. The summed E-state index contributed by atoms with van der Waals surface area (Å²) in [7, 11) is 0. The van der Waals surface area contributed by atoms with E-state index in [9.17, 15) is 4.79 Å². The molecule has 1 amide bonds. The lowest BCUT2D eigenvalue weighted by Gasteiger charge is -2.13. The van der Waals surface area contributed by atoms with Gasteiger partial charge in [0.05, 0.1) is 13.2 Å². The minimum absolute atomic E-state index is 0. The number of carbonyl (C=O) groups is 1. The molecule has 0 radical (unpaired) electrons. The van der Waals surface area contributed by atoms with E-state index in [1.165, 1.54) is 0 Å². The number of hydrazine groups is 1. The largest absolute Gasteiger partial charge is 0.381 e. The van der Waals surface area contributed by atoms with Gasteiger partial charge in [-0.1, -0.05) is 5.57 Å². The molecule has 0 aromatic carbocycles. The topological polar surface area (TPSA) is 64.3 Å². The smallest absolute Gasteiger partial charge is 0.257 e. The minimum atomic E-state index is -0.234. The van der Waals surface area contributed by atoms with Crippen LogP contribution in [-0.2, 0) is 9.53 Å². The lowest BCUT2D eigenvalue weighted by atomic mass is 10.1. The third-order valence-corrected chi connectivity index (χ3v) is 1.61. The third-order valence-electron chi connectivity index (χ3n) is 1.61. The van der Waals surface area contributed by atoms with Crippen molar-refractivity contribution in [3.05, 3.63) is 11.6 Å². The van der Waals surface area contributed by atoms with Gasteiger partial charge < -0.3 is 4.74 Å². The predicted octanol–water partition coefficient (Wildman–Crippen LogP) is 0.135. The van der Waals surface area contributed by atoms with E-state index >= 15 is 0 Å². The van der Waals surface area contributed by atoms with Gasteiger partial charge in [-0.2, -0.15) is 0 Å². The van der Waals surface area contributed by atoms with Crippen LogP contribution in [0.3, 0.4) is 0 Å². The fourth-order valence-electron chi connectivity index (χ4n) is 1.00. The van der Waals surface area contributed by atoms with Gasteiger partial charge in [-0.15, -0.1) is 12.4 Å². The van der Waals surface area contributed by atoms with Crippen LogP contribution < -0.4 is 11.3 Å². The lowest BCUT2D eigenvalue weighted by molar-refractivity contribution is -0.116. The molecule has 0 atom stereocenters. The number of hydrogen-bond acceptors (Lipinski definition) is 3. The van der Waals surface area contributed by atoms with Crippen molar-refractivity contribution in [2.24, 2.45) is 5.84 Å². The van der Waals surface area contributed by atoms with E-state index in [-0.39, 0.29) is 18.3 Å². The fourth-order valence-corrected chi connectivity index (χ4v) is 1.00. The van der Waals surface area contributed by atoms with E-state index < -0.39 is 0 Å². The fraction of sp³-hybridized carbons (Fsp3) is 0.571. The zero-order chi connectivity index (χ0) is 8.10. The average molecular weight is 193 g/mol. The van der Waals surface area contributed by atoms with E-state index in [0.717, 1.165) is 18.4 Å². The van der Waals surface area contributed by atoms with Gasteiger partial charge in [0.2, 0.25) is 0 Å². The van der Waals surface area contributed by atoms with E-state index in [0.29, 0.717) is 13.2 Å². The maximum atomic E-state index is 10.7. The van der Waals surface area contributed by atoms with Gasteiger partial charge in [-0.3, -0.25) is 10.2 Å². The van der Waals surface area contributed by atoms with E-state index in [1.807, 2.05) is 0 Å². The number of hydrogen-bond donors (Lipinski definition) is 2. The maximum absolute atomic E-state index is 10.7. The molecule has 5 heteroatoms. The highest BCUT2D eigenvalue weighted by Crippen LogP contribution is 2.12. The normalized spacial score (nSPS) is 16.2. The average Bonchev–Trinajstić information content (AvgIpc) is 2.06. The van der Waals surface area contributed by atoms with E-state index in [2.05, 4.69) is 5.43 Å². The molecule has 0 aliphatic carbocycles. The molecule has 12 heavy (non-hydrogen) atoms. The van der Waals surface area contributed by atoms with Crippen molar-refractivity contribution in [2.45, 2.75) is 12.8 Å². The number of carbonyl (C=O) groups excluding carboxylic acids is 1. The highest BCUT2D eigenvalue weighted by Gasteiger charge is 2.06. The van der Waals surface area contributed by atoms with Crippen molar-refractivity contribution in [1.82, 2.24) is 5.43 Å². The summed E-state index contributed by atoms with van der Waals surface area (Å²) < 4.78 is 5.11. The molecule has 1 saturated heterocycles. The molecule has 0 unspecified atom stereocenters. The van der Waals surface area contributed by atoms with Crippen molar-refractivity contribution in [1.29, 1.82) is 0 Å². The molecular weight excluding hydrogens is 180 g/mol. The molecule has 0 aromatic heterocycles. The number of nitrogens with one attached hydrogen (secondary N) is 1. The van der Waals surface area contributed by atoms with Gasteiger partial charge >= 0.3 is 0 Å². The highest BCUT2D eigenvalue weighted by atomic mass is 35.5. The zero-order valence-electron chi connectivity index (χ0n) is 6.71. The van der Waals surface area contributed by atoms with E-state index in [1.54, 1.807) is 6.08 Å². The Morgan fingerprint density at radius 2 is 2.08 bits per heavy atom. The van der Waals surface area contributed by atoms with Crippen LogP contribution in [0.2, 0.25) is 0 Å². The second-order valence-corrected chi connectivity index (χ2v) is 2.42. The summed E-state index contributed by atoms with van der Waals surface area (Å²) in [6.07, 6.45) is 3.23. The van der Waals surface area contributed by atoms with Crippen LogP contribution in [0.1, 0.15) is 12.8 Å². The molecule has 1 aliphatic rings. The lowest BCUT2D eigenvalue weighted by Crippen LogP contribution is -2.28.